The van der Waals surface area contributed by atoms with Gasteiger partial charge in [0.1, 0.15) is 23.2 Å². The Balaban J connectivity index is 1.97. The number of alkyl halides is 3. The average molecular weight is 407 g/mol. The van der Waals surface area contributed by atoms with Crippen LogP contribution in [-0.2, 0) is 0 Å². The first-order valence-corrected chi connectivity index (χ1v) is 8.02. The van der Waals surface area contributed by atoms with E-state index in [4.69, 9.17) is 17.3 Å². The van der Waals surface area contributed by atoms with Crippen LogP contribution in [0.5, 0.6) is 5.75 Å². The number of carbonyl (C=O) groups is 1. The van der Waals surface area contributed by atoms with Crippen molar-refractivity contribution >= 4 is 23.2 Å². The van der Waals surface area contributed by atoms with Gasteiger partial charge in [0, 0.05) is 10.6 Å². The molecule has 2 N–H and O–H groups in total. The fourth-order valence-corrected chi connectivity index (χ4v) is 2.55. The van der Waals surface area contributed by atoms with Crippen molar-refractivity contribution in [3.8, 4) is 17.5 Å². The van der Waals surface area contributed by atoms with E-state index >= 15 is 0 Å². The Morgan fingerprint density at radius 1 is 1.14 bits per heavy atom. The van der Waals surface area contributed by atoms with E-state index in [0.717, 1.165) is 24.3 Å². The number of ether oxygens (including phenoxy) is 1. The van der Waals surface area contributed by atoms with Crippen LogP contribution >= 0.6 is 11.6 Å². The molecule has 0 saturated carbocycles. The second-order valence-corrected chi connectivity index (χ2v) is 5.95. The molecule has 3 aromatic rings. The minimum Gasteiger partial charge on any atom is -0.406 e. The van der Waals surface area contributed by atoms with Gasteiger partial charge in [-0.2, -0.15) is 10.4 Å². The van der Waals surface area contributed by atoms with Crippen molar-refractivity contribution in [1.29, 1.82) is 5.26 Å². The summed E-state index contributed by atoms with van der Waals surface area (Å²) in [6.45, 7) is 0. The minimum atomic E-state index is -4.84. The molecule has 0 fully saturated rings. The van der Waals surface area contributed by atoms with Gasteiger partial charge in [-0.15, -0.1) is 13.2 Å². The monoisotopic (exact) mass is 406 g/mol. The molecule has 142 valence electrons. The number of hydrogen-bond acceptors (Lipinski definition) is 5. The van der Waals surface area contributed by atoms with Gasteiger partial charge in [0.2, 0.25) is 5.78 Å². The van der Waals surface area contributed by atoms with E-state index in [9.17, 15) is 23.2 Å². The first kappa shape index (κ1) is 19.3. The van der Waals surface area contributed by atoms with Crippen molar-refractivity contribution in [2.24, 2.45) is 0 Å². The van der Waals surface area contributed by atoms with Crippen molar-refractivity contribution in [3.63, 3.8) is 0 Å². The third-order valence-corrected chi connectivity index (χ3v) is 3.92. The Bertz CT molecular complexity index is 1070. The summed E-state index contributed by atoms with van der Waals surface area (Å²) in [4.78, 5) is 12.7. The quantitative estimate of drug-likeness (QED) is 0.658. The summed E-state index contributed by atoms with van der Waals surface area (Å²) >= 11 is 5.84. The van der Waals surface area contributed by atoms with E-state index in [1.54, 1.807) is 24.3 Å². The first-order valence-electron chi connectivity index (χ1n) is 7.64. The molecule has 0 aliphatic rings. The molecule has 1 aromatic heterocycles. The maximum absolute atomic E-state index is 12.7. The Morgan fingerprint density at radius 3 is 2.29 bits per heavy atom. The molecule has 0 radical (unpaired) electrons. The van der Waals surface area contributed by atoms with Crippen LogP contribution < -0.4 is 10.5 Å². The van der Waals surface area contributed by atoms with Gasteiger partial charge >= 0.3 is 6.36 Å². The number of carbonyl (C=O) groups excluding carboxylic acids is 1. The summed E-state index contributed by atoms with van der Waals surface area (Å²) in [7, 11) is 0. The summed E-state index contributed by atoms with van der Waals surface area (Å²) in [5.41, 5.74) is 6.07. The van der Waals surface area contributed by atoms with Crippen LogP contribution in [0.15, 0.2) is 48.5 Å². The maximum atomic E-state index is 12.7. The number of hydrogen-bond donors (Lipinski definition) is 1. The number of benzene rings is 2. The summed E-state index contributed by atoms with van der Waals surface area (Å²) in [5.74, 6) is -1.20. The highest BCUT2D eigenvalue weighted by Gasteiger charge is 2.31. The van der Waals surface area contributed by atoms with E-state index in [-0.39, 0.29) is 22.6 Å². The fraction of sp³-hybridized carbons (Fsp3) is 0.0556. The molecule has 6 nitrogen and oxygen atoms in total. The number of nitrogens with zero attached hydrogens (tertiary/aromatic N) is 3. The first-order chi connectivity index (χ1) is 13.2. The SMILES string of the molecule is N#Cc1c(C(=O)c2ccc(OC(F)(F)F)cc2)nn(-c2ccc(Cl)cc2)c1N. The van der Waals surface area contributed by atoms with Gasteiger partial charge in [-0.25, -0.2) is 4.68 Å². The maximum Gasteiger partial charge on any atom is 0.573 e. The summed E-state index contributed by atoms with van der Waals surface area (Å²) in [6.07, 6.45) is -4.84. The fourth-order valence-electron chi connectivity index (χ4n) is 2.42. The van der Waals surface area contributed by atoms with E-state index in [0.29, 0.717) is 10.7 Å². The normalized spacial score (nSPS) is 11.1. The predicted octanol–water partition coefficient (Wildman–Crippen LogP) is 4.11. The molecule has 0 aliphatic carbocycles. The molecular formula is C18H10ClF3N4O2. The number of halogens is 4. The standard InChI is InChI=1S/C18H10ClF3N4O2/c19-11-3-5-12(6-4-11)26-17(24)14(9-23)15(25-26)16(27)10-1-7-13(8-2-10)28-18(20,21)22/h1-8H,24H2. The van der Waals surface area contributed by atoms with Crippen molar-refractivity contribution in [2.75, 3.05) is 5.73 Å². The highest BCUT2D eigenvalue weighted by molar-refractivity contribution is 6.30. The Kier molecular flexibility index (Phi) is 4.98. The Morgan fingerprint density at radius 2 is 1.75 bits per heavy atom. The molecule has 2 aromatic carbocycles. The van der Waals surface area contributed by atoms with Crippen molar-refractivity contribution in [1.82, 2.24) is 9.78 Å². The topological polar surface area (TPSA) is 93.9 Å². The molecule has 28 heavy (non-hydrogen) atoms. The number of anilines is 1. The number of aromatic nitrogens is 2. The molecule has 0 saturated heterocycles. The molecule has 0 spiro atoms. The molecule has 10 heteroatoms. The summed E-state index contributed by atoms with van der Waals surface area (Å²) < 4.78 is 41.7. The van der Waals surface area contributed by atoms with Crippen LogP contribution in [0.4, 0.5) is 19.0 Å². The molecule has 0 atom stereocenters. The van der Waals surface area contributed by atoms with Crippen LogP contribution in [0, 0.1) is 11.3 Å². The van der Waals surface area contributed by atoms with Gasteiger partial charge in [-0.1, -0.05) is 11.6 Å². The summed E-state index contributed by atoms with van der Waals surface area (Å²) in [6, 6.07) is 12.5. The lowest BCUT2D eigenvalue weighted by Gasteiger charge is -2.08. The number of nitrogens with two attached hydrogens (primary N) is 1. The number of ketones is 1. The van der Waals surface area contributed by atoms with Crippen molar-refractivity contribution in [2.45, 2.75) is 6.36 Å². The largest absolute Gasteiger partial charge is 0.573 e. The van der Waals surface area contributed by atoms with Gasteiger partial charge in [0.05, 0.1) is 5.69 Å². The molecule has 0 unspecified atom stereocenters. The zero-order chi connectivity index (χ0) is 20.5. The van der Waals surface area contributed by atoms with Crippen LogP contribution in [0.1, 0.15) is 21.6 Å². The number of nitrogen functional groups attached to an aromatic ring is 1. The predicted molar refractivity (Wildman–Crippen MR) is 94.3 cm³/mol. The van der Waals surface area contributed by atoms with Crippen LogP contribution in [0.25, 0.3) is 5.69 Å². The van der Waals surface area contributed by atoms with Crippen LogP contribution in [0.2, 0.25) is 5.02 Å². The van der Waals surface area contributed by atoms with Crippen LogP contribution in [-0.4, -0.2) is 21.9 Å². The Hall–Kier alpha value is -3.51. The third-order valence-electron chi connectivity index (χ3n) is 3.67. The van der Waals surface area contributed by atoms with E-state index in [1.165, 1.54) is 4.68 Å². The molecular weight excluding hydrogens is 397 g/mol. The lowest BCUT2D eigenvalue weighted by molar-refractivity contribution is -0.274. The lowest BCUT2D eigenvalue weighted by atomic mass is 10.1. The van der Waals surface area contributed by atoms with Crippen LogP contribution in [0.3, 0.4) is 0 Å². The number of nitriles is 1. The van der Waals surface area contributed by atoms with Crippen molar-refractivity contribution in [3.05, 3.63) is 70.4 Å². The second-order valence-electron chi connectivity index (χ2n) is 5.51. The highest BCUT2D eigenvalue weighted by atomic mass is 35.5. The zero-order valence-corrected chi connectivity index (χ0v) is 14.6. The minimum absolute atomic E-state index is 0.0202. The van der Waals surface area contributed by atoms with E-state index < -0.39 is 17.9 Å². The smallest absolute Gasteiger partial charge is 0.406 e. The van der Waals surface area contributed by atoms with Gasteiger partial charge in [0.15, 0.2) is 5.69 Å². The molecule has 0 amide bonds. The zero-order valence-electron chi connectivity index (χ0n) is 13.9. The molecule has 0 bridgehead atoms. The second kappa shape index (κ2) is 7.25. The molecule has 3 rings (SSSR count). The molecule has 1 heterocycles. The van der Waals surface area contributed by atoms with Gasteiger partial charge in [-0.3, -0.25) is 4.79 Å². The number of rotatable bonds is 4. The average Bonchev–Trinajstić information content (AvgIpc) is 2.97. The van der Waals surface area contributed by atoms with Gasteiger partial charge in [-0.05, 0) is 48.5 Å². The van der Waals surface area contributed by atoms with Gasteiger partial charge in [0.25, 0.3) is 0 Å². The van der Waals surface area contributed by atoms with Crippen molar-refractivity contribution < 1.29 is 22.7 Å². The van der Waals surface area contributed by atoms with Gasteiger partial charge < -0.3 is 10.5 Å². The highest BCUT2D eigenvalue weighted by Crippen LogP contribution is 2.26. The van der Waals surface area contributed by atoms with E-state index in [1.807, 2.05) is 6.07 Å². The third kappa shape index (κ3) is 3.92. The Labute approximate surface area is 161 Å². The summed E-state index contributed by atoms with van der Waals surface area (Å²) in [5, 5.41) is 14.0. The van der Waals surface area contributed by atoms with E-state index in [2.05, 4.69) is 9.84 Å². The molecule has 0 aliphatic heterocycles. The lowest BCUT2D eigenvalue weighted by Crippen LogP contribution is -2.17.